The third-order valence-corrected chi connectivity index (χ3v) is 6.29. The number of anilines is 1. The van der Waals surface area contributed by atoms with Crippen molar-refractivity contribution < 1.29 is 18.1 Å². The first kappa shape index (κ1) is 25.0. The van der Waals surface area contributed by atoms with Crippen molar-refractivity contribution in [3.05, 3.63) is 136 Å². The van der Waals surface area contributed by atoms with Crippen molar-refractivity contribution in [2.45, 2.75) is 19.1 Å². The van der Waals surface area contributed by atoms with Gasteiger partial charge in [-0.1, -0.05) is 66.7 Å². The number of hydrogen-bond donors (Lipinski definition) is 1. The van der Waals surface area contributed by atoms with Crippen LogP contribution in [-0.4, -0.2) is 9.91 Å². The van der Waals surface area contributed by atoms with Gasteiger partial charge >= 0.3 is 6.18 Å². The minimum Gasteiger partial charge on any atom is -0.381 e. The number of nitrogens with one attached hydrogen (secondary N) is 1. The molecule has 0 radical (unpaired) electrons. The van der Waals surface area contributed by atoms with Crippen molar-refractivity contribution in [3.63, 3.8) is 0 Å². The Kier molecular flexibility index (Phi) is 6.79. The number of nitro groups is 1. The van der Waals surface area contributed by atoms with Crippen LogP contribution >= 0.6 is 0 Å². The zero-order valence-corrected chi connectivity index (χ0v) is 20.1. The van der Waals surface area contributed by atoms with Gasteiger partial charge in [0.1, 0.15) is 0 Å². The minimum absolute atomic E-state index is 0.00679. The summed E-state index contributed by atoms with van der Waals surface area (Å²) in [6.07, 6.45) is -2.50. The Bertz CT molecular complexity index is 1620. The smallest absolute Gasteiger partial charge is 0.381 e. The number of fused-ring (bicyclic) bond motifs is 1. The van der Waals surface area contributed by atoms with Gasteiger partial charge in [0.05, 0.1) is 16.0 Å². The highest BCUT2D eigenvalue weighted by atomic mass is 19.4. The molecule has 0 amide bonds. The highest BCUT2D eigenvalue weighted by molar-refractivity contribution is 5.98. The molecule has 0 atom stereocenters. The third-order valence-electron chi connectivity index (χ3n) is 6.29. The number of hydrogen-bond acceptors (Lipinski definition) is 4. The van der Waals surface area contributed by atoms with Crippen LogP contribution in [0, 0.1) is 10.1 Å². The number of pyridine rings is 1. The minimum atomic E-state index is -4.54. The van der Waals surface area contributed by atoms with Crippen LogP contribution < -0.4 is 5.32 Å². The van der Waals surface area contributed by atoms with Gasteiger partial charge in [-0.3, -0.25) is 15.1 Å². The van der Waals surface area contributed by atoms with Crippen LogP contribution in [0.25, 0.3) is 22.0 Å². The second-order valence-electron chi connectivity index (χ2n) is 8.88. The number of benzene rings is 4. The monoisotopic (exact) mass is 513 g/mol. The van der Waals surface area contributed by atoms with Gasteiger partial charge in [0.25, 0.3) is 5.69 Å². The summed E-state index contributed by atoms with van der Waals surface area (Å²) in [5, 5.41) is 14.8. The van der Waals surface area contributed by atoms with Crippen LogP contribution in [0.15, 0.2) is 103 Å². The topological polar surface area (TPSA) is 68.1 Å². The van der Waals surface area contributed by atoms with Crippen LogP contribution in [-0.2, 0) is 19.1 Å². The van der Waals surface area contributed by atoms with Crippen LogP contribution in [0.4, 0.5) is 24.5 Å². The lowest BCUT2D eigenvalue weighted by molar-refractivity contribution is -0.384. The molecule has 1 N–H and O–H groups in total. The van der Waals surface area contributed by atoms with Gasteiger partial charge in [-0.2, -0.15) is 13.2 Å². The van der Waals surface area contributed by atoms with Gasteiger partial charge in [-0.05, 0) is 52.4 Å². The molecule has 5 rings (SSSR count). The zero-order valence-electron chi connectivity index (χ0n) is 20.1. The fourth-order valence-electron chi connectivity index (χ4n) is 4.55. The summed E-state index contributed by atoms with van der Waals surface area (Å²) in [4.78, 5) is 14.9. The molecule has 0 spiro atoms. The Morgan fingerprint density at radius 3 is 2.34 bits per heavy atom. The third kappa shape index (κ3) is 5.34. The molecule has 5 nitrogen and oxygen atoms in total. The number of aromatic nitrogens is 1. The maximum atomic E-state index is 13.8. The maximum Gasteiger partial charge on any atom is 0.418 e. The second kappa shape index (κ2) is 10.3. The van der Waals surface area contributed by atoms with E-state index in [-0.39, 0.29) is 11.2 Å². The molecule has 0 unspecified atom stereocenters. The predicted octanol–water partition coefficient (Wildman–Crippen LogP) is 8.03. The van der Waals surface area contributed by atoms with Crippen LogP contribution in [0.2, 0.25) is 0 Å². The molecule has 1 aromatic heterocycles. The van der Waals surface area contributed by atoms with Crippen molar-refractivity contribution in [2.24, 2.45) is 0 Å². The van der Waals surface area contributed by atoms with E-state index in [1.807, 2.05) is 54.6 Å². The fraction of sp³-hybridized carbons (Fsp3) is 0.100. The van der Waals surface area contributed by atoms with Crippen molar-refractivity contribution in [1.29, 1.82) is 0 Å². The van der Waals surface area contributed by atoms with E-state index in [1.165, 1.54) is 24.4 Å². The molecule has 0 bridgehead atoms. The van der Waals surface area contributed by atoms with E-state index >= 15 is 0 Å². The number of halogens is 3. The Morgan fingerprint density at radius 1 is 0.842 bits per heavy atom. The van der Waals surface area contributed by atoms with Gasteiger partial charge in [-0.25, -0.2) is 0 Å². The lowest BCUT2D eigenvalue weighted by atomic mass is 9.91. The van der Waals surface area contributed by atoms with Crippen molar-refractivity contribution in [2.75, 3.05) is 5.32 Å². The summed E-state index contributed by atoms with van der Waals surface area (Å²) in [5.74, 6) is 0. The molecular weight excluding hydrogens is 491 g/mol. The molecule has 0 saturated heterocycles. The molecule has 0 aliphatic carbocycles. The SMILES string of the molecule is O=[N+]([O-])c1cccc(CNc2cccc(-c3c(Cc4ccccc4)cnc4c(C(F)(F)F)cccc34)c2)c1. The number of rotatable bonds is 7. The number of nitrogens with zero attached hydrogens (tertiary/aromatic N) is 2. The maximum absolute atomic E-state index is 13.8. The number of non-ortho nitro benzene ring substituents is 1. The highest BCUT2D eigenvalue weighted by Crippen LogP contribution is 2.39. The second-order valence-corrected chi connectivity index (χ2v) is 8.88. The number of alkyl halides is 3. The zero-order chi connectivity index (χ0) is 26.7. The van der Waals surface area contributed by atoms with E-state index < -0.39 is 16.7 Å². The molecule has 0 aliphatic rings. The summed E-state index contributed by atoms with van der Waals surface area (Å²) in [7, 11) is 0. The molecule has 38 heavy (non-hydrogen) atoms. The Morgan fingerprint density at radius 2 is 1.58 bits per heavy atom. The van der Waals surface area contributed by atoms with E-state index in [1.54, 1.807) is 18.2 Å². The van der Waals surface area contributed by atoms with Gasteiger partial charge in [0, 0.05) is 35.9 Å². The summed E-state index contributed by atoms with van der Waals surface area (Å²) in [5.41, 5.74) is 3.85. The van der Waals surface area contributed by atoms with Crippen molar-refractivity contribution >= 4 is 22.3 Å². The first-order valence-corrected chi connectivity index (χ1v) is 11.9. The Labute approximate surface area is 216 Å². The van der Waals surface area contributed by atoms with E-state index in [4.69, 9.17) is 0 Å². The van der Waals surface area contributed by atoms with E-state index in [9.17, 15) is 23.3 Å². The molecule has 5 aromatic rings. The summed E-state index contributed by atoms with van der Waals surface area (Å²) < 4.78 is 41.4. The lowest BCUT2D eigenvalue weighted by Crippen LogP contribution is -2.07. The van der Waals surface area contributed by atoms with Crippen molar-refractivity contribution in [1.82, 2.24) is 4.98 Å². The Balaban J connectivity index is 1.57. The molecule has 0 aliphatic heterocycles. The molecule has 4 aromatic carbocycles. The van der Waals surface area contributed by atoms with Crippen LogP contribution in [0.3, 0.4) is 0 Å². The van der Waals surface area contributed by atoms with Gasteiger partial charge in [0.2, 0.25) is 0 Å². The number of nitro benzene ring substituents is 1. The predicted molar refractivity (Wildman–Crippen MR) is 142 cm³/mol. The Hall–Kier alpha value is -4.72. The lowest BCUT2D eigenvalue weighted by Gasteiger charge is -2.17. The van der Waals surface area contributed by atoms with Crippen molar-refractivity contribution in [3.8, 4) is 11.1 Å². The van der Waals surface area contributed by atoms with E-state index in [0.717, 1.165) is 34.0 Å². The summed E-state index contributed by atoms with van der Waals surface area (Å²) >= 11 is 0. The summed E-state index contributed by atoms with van der Waals surface area (Å²) in [6.45, 7) is 0.345. The van der Waals surface area contributed by atoms with Gasteiger partial charge in [-0.15, -0.1) is 0 Å². The van der Waals surface area contributed by atoms with E-state index in [0.29, 0.717) is 23.9 Å². The van der Waals surface area contributed by atoms with Gasteiger partial charge in [0.15, 0.2) is 0 Å². The highest BCUT2D eigenvalue weighted by Gasteiger charge is 2.33. The van der Waals surface area contributed by atoms with E-state index in [2.05, 4.69) is 10.3 Å². The average Bonchev–Trinajstić information content (AvgIpc) is 2.92. The van der Waals surface area contributed by atoms with Crippen LogP contribution in [0.1, 0.15) is 22.3 Å². The normalized spacial score (nSPS) is 11.4. The first-order chi connectivity index (χ1) is 18.3. The van der Waals surface area contributed by atoms with Gasteiger partial charge < -0.3 is 5.32 Å². The largest absolute Gasteiger partial charge is 0.418 e. The molecule has 0 fully saturated rings. The summed E-state index contributed by atoms with van der Waals surface area (Å²) in [6, 6.07) is 27.6. The first-order valence-electron chi connectivity index (χ1n) is 11.9. The molecule has 0 saturated carbocycles. The average molecular weight is 514 g/mol. The van der Waals surface area contributed by atoms with Crippen LogP contribution in [0.5, 0.6) is 0 Å². The molecular formula is C30H22F3N3O2. The number of para-hydroxylation sites is 1. The fourth-order valence-corrected chi connectivity index (χ4v) is 4.55. The molecule has 8 heteroatoms. The molecule has 1 heterocycles. The quantitative estimate of drug-likeness (QED) is 0.177. The molecule has 190 valence electrons. The standard InChI is InChI=1S/C30H22F3N3O2/c31-30(32,33)27-14-6-13-26-28(23(19-35-29(26)27)15-20-7-2-1-3-8-20)22-10-5-11-24(17-22)34-18-21-9-4-12-25(16-21)36(37)38/h1-14,16-17,19,34H,15,18H2.